The van der Waals surface area contributed by atoms with Gasteiger partial charge in [0.1, 0.15) is 5.69 Å². The molecule has 0 spiro atoms. The Labute approximate surface area is 170 Å². The predicted molar refractivity (Wildman–Crippen MR) is 117 cm³/mol. The maximum absolute atomic E-state index is 12.7. The number of fused-ring (bicyclic) bond motifs is 1. The summed E-state index contributed by atoms with van der Waals surface area (Å²) in [4.78, 5) is 20.7. The number of rotatable bonds is 4. The summed E-state index contributed by atoms with van der Waals surface area (Å²) in [5.41, 5.74) is 4.52. The highest BCUT2D eigenvalue weighted by atomic mass is 35.5. The normalized spacial score (nSPS) is 15.2. The number of hydrogen-bond donors (Lipinski definition) is 2. The molecule has 146 valence electrons. The maximum Gasteiger partial charge on any atom is 0.272 e. The van der Waals surface area contributed by atoms with E-state index in [0.29, 0.717) is 10.7 Å². The molecular formula is C22H25ClN4O. The number of nitrogens with zero attached hydrogens (tertiary/aromatic N) is 2. The van der Waals surface area contributed by atoms with Crippen molar-refractivity contribution in [3.63, 3.8) is 0 Å². The van der Waals surface area contributed by atoms with Gasteiger partial charge in [0.25, 0.3) is 5.91 Å². The van der Waals surface area contributed by atoms with Crippen LogP contribution in [0.3, 0.4) is 0 Å². The van der Waals surface area contributed by atoms with Gasteiger partial charge in [-0.05, 0) is 61.5 Å². The number of amides is 1. The summed E-state index contributed by atoms with van der Waals surface area (Å²) in [6.45, 7) is 9.62. The summed E-state index contributed by atoms with van der Waals surface area (Å²) in [5, 5.41) is 4.60. The fourth-order valence-electron chi connectivity index (χ4n) is 3.72. The Balaban J connectivity index is 1.47. The quantitative estimate of drug-likeness (QED) is 0.681. The van der Waals surface area contributed by atoms with Gasteiger partial charge in [0.15, 0.2) is 0 Å². The van der Waals surface area contributed by atoms with Gasteiger partial charge >= 0.3 is 0 Å². The Morgan fingerprint density at radius 3 is 2.61 bits per heavy atom. The van der Waals surface area contributed by atoms with E-state index in [4.69, 9.17) is 11.6 Å². The average Bonchev–Trinajstić information content (AvgIpc) is 3.13. The zero-order valence-corrected chi connectivity index (χ0v) is 17.0. The van der Waals surface area contributed by atoms with E-state index in [1.54, 1.807) is 0 Å². The molecule has 6 heteroatoms. The SMILES string of the molecule is CCN1CCN(c2ccc(NC(=O)c3cc4cc(Cl)ccc4[nH]3)c(C)c2)CC1. The molecule has 4 rings (SSSR count). The second kappa shape index (κ2) is 7.86. The van der Waals surface area contributed by atoms with Crippen molar-refractivity contribution in [2.45, 2.75) is 13.8 Å². The molecule has 2 N–H and O–H groups in total. The Bertz CT molecular complexity index is 1000. The van der Waals surface area contributed by atoms with Crippen LogP contribution in [0, 0.1) is 6.92 Å². The van der Waals surface area contributed by atoms with Crippen molar-refractivity contribution < 1.29 is 4.79 Å². The van der Waals surface area contributed by atoms with E-state index in [-0.39, 0.29) is 5.91 Å². The van der Waals surface area contributed by atoms with Crippen molar-refractivity contribution >= 4 is 39.8 Å². The maximum atomic E-state index is 12.7. The zero-order chi connectivity index (χ0) is 19.7. The number of nitrogens with one attached hydrogen (secondary N) is 2. The molecule has 2 aromatic carbocycles. The van der Waals surface area contributed by atoms with Crippen LogP contribution in [0.4, 0.5) is 11.4 Å². The van der Waals surface area contributed by atoms with Crippen LogP contribution in [0.1, 0.15) is 23.0 Å². The third kappa shape index (κ3) is 3.86. The molecule has 0 bridgehead atoms. The van der Waals surface area contributed by atoms with E-state index in [1.165, 1.54) is 5.69 Å². The molecule has 0 radical (unpaired) electrons. The number of carbonyl (C=O) groups excluding carboxylic acids is 1. The predicted octanol–water partition coefficient (Wildman–Crippen LogP) is 4.52. The van der Waals surface area contributed by atoms with Crippen molar-refractivity contribution in [1.82, 2.24) is 9.88 Å². The molecule has 1 saturated heterocycles. The summed E-state index contributed by atoms with van der Waals surface area (Å²) in [7, 11) is 0. The highest BCUT2D eigenvalue weighted by Crippen LogP contribution is 2.25. The minimum Gasteiger partial charge on any atom is -0.369 e. The van der Waals surface area contributed by atoms with Crippen LogP contribution >= 0.6 is 11.6 Å². The first-order valence-electron chi connectivity index (χ1n) is 9.71. The van der Waals surface area contributed by atoms with Gasteiger partial charge < -0.3 is 20.1 Å². The lowest BCUT2D eigenvalue weighted by Gasteiger charge is -2.35. The smallest absolute Gasteiger partial charge is 0.272 e. The van der Waals surface area contributed by atoms with Gasteiger partial charge in [-0.3, -0.25) is 4.79 Å². The number of likely N-dealkylation sites (N-methyl/N-ethyl adjacent to an activating group) is 1. The highest BCUT2D eigenvalue weighted by molar-refractivity contribution is 6.31. The van der Waals surface area contributed by atoms with E-state index >= 15 is 0 Å². The van der Waals surface area contributed by atoms with Crippen molar-refractivity contribution in [3.8, 4) is 0 Å². The lowest BCUT2D eigenvalue weighted by molar-refractivity contribution is 0.102. The van der Waals surface area contributed by atoms with Crippen molar-refractivity contribution in [2.75, 3.05) is 42.9 Å². The van der Waals surface area contributed by atoms with Gasteiger partial charge in [-0.2, -0.15) is 0 Å². The van der Waals surface area contributed by atoms with E-state index in [9.17, 15) is 4.79 Å². The molecule has 1 aromatic heterocycles. The number of anilines is 2. The van der Waals surface area contributed by atoms with Crippen LogP contribution < -0.4 is 10.2 Å². The van der Waals surface area contributed by atoms with Crippen LogP contribution in [-0.2, 0) is 0 Å². The molecular weight excluding hydrogens is 372 g/mol. The molecule has 2 heterocycles. The number of halogens is 1. The number of piperazine rings is 1. The van der Waals surface area contributed by atoms with E-state index in [1.807, 2.05) is 37.3 Å². The third-order valence-corrected chi connectivity index (χ3v) is 5.71. The van der Waals surface area contributed by atoms with Crippen LogP contribution in [0.15, 0.2) is 42.5 Å². The van der Waals surface area contributed by atoms with Gasteiger partial charge in [0.05, 0.1) is 0 Å². The monoisotopic (exact) mass is 396 g/mol. The first-order chi connectivity index (χ1) is 13.5. The lowest BCUT2D eigenvalue weighted by Crippen LogP contribution is -2.46. The highest BCUT2D eigenvalue weighted by Gasteiger charge is 2.17. The van der Waals surface area contributed by atoms with Gasteiger partial charge in [0.2, 0.25) is 0 Å². The number of carbonyl (C=O) groups is 1. The van der Waals surface area contributed by atoms with Gasteiger partial charge in [0, 0.05) is 53.5 Å². The molecule has 3 aromatic rings. The molecule has 28 heavy (non-hydrogen) atoms. The Morgan fingerprint density at radius 2 is 1.89 bits per heavy atom. The summed E-state index contributed by atoms with van der Waals surface area (Å²) in [5.74, 6) is -0.153. The van der Waals surface area contributed by atoms with Gasteiger partial charge in [-0.25, -0.2) is 0 Å². The summed E-state index contributed by atoms with van der Waals surface area (Å²) in [6, 6.07) is 13.6. The van der Waals surface area contributed by atoms with Crippen LogP contribution in [0.5, 0.6) is 0 Å². The average molecular weight is 397 g/mol. The molecule has 1 aliphatic heterocycles. The fourth-order valence-corrected chi connectivity index (χ4v) is 3.90. The number of benzene rings is 2. The molecule has 0 aliphatic carbocycles. The van der Waals surface area contributed by atoms with Crippen molar-refractivity contribution in [3.05, 3.63) is 58.7 Å². The first kappa shape index (κ1) is 18.8. The molecule has 5 nitrogen and oxygen atoms in total. The molecule has 0 atom stereocenters. The second-order valence-electron chi connectivity index (χ2n) is 7.29. The number of H-pyrrole nitrogens is 1. The van der Waals surface area contributed by atoms with E-state index < -0.39 is 0 Å². The number of aromatic amines is 1. The first-order valence-corrected chi connectivity index (χ1v) is 10.1. The zero-order valence-electron chi connectivity index (χ0n) is 16.3. The van der Waals surface area contributed by atoms with Crippen LogP contribution in [0.25, 0.3) is 10.9 Å². The van der Waals surface area contributed by atoms with Gasteiger partial charge in [-0.1, -0.05) is 18.5 Å². The van der Waals surface area contributed by atoms with E-state index in [0.717, 1.165) is 54.9 Å². The van der Waals surface area contributed by atoms with Gasteiger partial charge in [-0.15, -0.1) is 0 Å². The Kier molecular flexibility index (Phi) is 5.29. The van der Waals surface area contributed by atoms with Crippen LogP contribution in [0.2, 0.25) is 5.02 Å². The molecule has 0 saturated carbocycles. The lowest BCUT2D eigenvalue weighted by atomic mass is 10.1. The second-order valence-corrected chi connectivity index (χ2v) is 7.73. The van der Waals surface area contributed by atoms with E-state index in [2.05, 4.69) is 39.2 Å². The molecule has 1 amide bonds. The Morgan fingerprint density at radius 1 is 1.11 bits per heavy atom. The minimum atomic E-state index is -0.153. The van der Waals surface area contributed by atoms with Crippen molar-refractivity contribution in [1.29, 1.82) is 0 Å². The largest absolute Gasteiger partial charge is 0.369 e. The molecule has 1 fully saturated rings. The fraction of sp³-hybridized carbons (Fsp3) is 0.318. The standard InChI is InChI=1S/C22H25ClN4O/c1-3-26-8-10-27(11-9-26)18-5-7-19(15(2)12-18)25-22(28)21-14-16-13-17(23)4-6-20(16)24-21/h4-7,12-14,24H,3,8-11H2,1-2H3,(H,25,28). The van der Waals surface area contributed by atoms with Crippen LogP contribution in [-0.4, -0.2) is 48.5 Å². The number of hydrogen-bond acceptors (Lipinski definition) is 3. The Hall–Kier alpha value is -2.50. The minimum absolute atomic E-state index is 0.153. The summed E-state index contributed by atoms with van der Waals surface area (Å²) >= 11 is 6.03. The third-order valence-electron chi connectivity index (χ3n) is 5.47. The summed E-state index contributed by atoms with van der Waals surface area (Å²) < 4.78 is 0. The topological polar surface area (TPSA) is 51.4 Å². The number of aromatic nitrogens is 1. The molecule has 0 unspecified atom stereocenters. The molecule has 1 aliphatic rings. The summed E-state index contributed by atoms with van der Waals surface area (Å²) in [6.07, 6.45) is 0. The number of aryl methyl sites for hydroxylation is 1. The van der Waals surface area contributed by atoms with Crippen molar-refractivity contribution in [2.24, 2.45) is 0 Å².